The lowest BCUT2D eigenvalue weighted by molar-refractivity contribution is -0.156. The highest BCUT2D eigenvalue weighted by molar-refractivity contribution is 5.96. The number of aromatic nitrogens is 1. The normalized spacial score (nSPS) is 23.3. The van der Waals surface area contributed by atoms with Gasteiger partial charge in [0.15, 0.2) is 0 Å². The first-order chi connectivity index (χ1) is 18.0. The van der Waals surface area contributed by atoms with Gasteiger partial charge in [-0.1, -0.05) is 24.3 Å². The number of fused-ring (bicyclic) bond motifs is 4. The minimum absolute atomic E-state index is 0.00115. The molecule has 0 aliphatic carbocycles. The number of pyridine rings is 1. The molecule has 37 heavy (non-hydrogen) atoms. The minimum atomic E-state index is -0.528. The molecule has 6 rings (SSSR count). The summed E-state index contributed by atoms with van der Waals surface area (Å²) in [6.07, 6.45) is 6.40. The summed E-state index contributed by atoms with van der Waals surface area (Å²) in [5.41, 5.74) is 2.37. The van der Waals surface area contributed by atoms with Gasteiger partial charge in [0.25, 0.3) is 0 Å². The van der Waals surface area contributed by atoms with Crippen molar-refractivity contribution in [2.45, 2.75) is 44.4 Å². The third-order valence-corrected chi connectivity index (χ3v) is 7.70. The Labute approximate surface area is 217 Å². The first-order valence-corrected chi connectivity index (χ1v) is 12.8. The maximum atomic E-state index is 13.5. The van der Waals surface area contributed by atoms with Crippen LogP contribution in [0.4, 0.5) is 5.69 Å². The van der Waals surface area contributed by atoms with E-state index in [0.29, 0.717) is 17.4 Å². The average Bonchev–Trinajstić information content (AvgIpc) is 2.94. The summed E-state index contributed by atoms with van der Waals surface area (Å²) in [7, 11) is 1.63. The molecule has 3 fully saturated rings. The Kier molecular flexibility index (Phi) is 7.24. The lowest BCUT2D eigenvalue weighted by Crippen LogP contribution is -2.56. The number of benzene rings is 2. The number of carbonyl (C=O) groups is 2. The monoisotopic (exact) mass is 499 g/mol. The standard InChI is InChI=1S/C30H33N3O4/c1-4-22-16-21-13-15-32(22)28(17-21)30(25-12-14-31-27-11-10-24(36-3)18-26(25)27)37-29(35)19-33(20(2)34)23-8-6-5-7-9-23/h4-12,14,18,21-22,28,30H,1,13,15-17,19H2,2-3H3/t21-,22-,28+,30-/m1/s1. The topological polar surface area (TPSA) is 72.0 Å². The third-order valence-electron chi connectivity index (χ3n) is 7.70. The van der Waals surface area contributed by atoms with Crippen LogP contribution in [-0.2, 0) is 14.3 Å². The van der Waals surface area contributed by atoms with Crippen molar-refractivity contribution < 1.29 is 19.1 Å². The van der Waals surface area contributed by atoms with Crippen molar-refractivity contribution in [3.05, 3.63) is 79.0 Å². The summed E-state index contributed by atoms with van der Waals surface area (Å²) in [6, 6.07) is 17.1. The summed E-state index contributed by atoms with van der Waals surface area (Å²) < 4.78 is 11.8. The Hall–Kier alpha value is -3.71. The van der Waals surface area contributed by atoms with Crippen LogP contribution in [-0.4, -0.2) is 54.0 Å². The van der Waals surface area contributed by atoms with Crippen molar-refractivity contribution in [1.82, 2.24) is 9.88 Å². The number of carbonyl (C=O) groups excluding carboxylic acids is 2. The van der Waals surface area contributed by atoms with Gasteiger partial charge in [-0.15, -0.1) is 6.58 Å². The number of rotatable bonds is 8. The lowest BCUT2D eigenvalue weighted by Gasteiger charge is -2.51. The molecular formula is C30H33N3O4. The lowest BCUT2D eigenvalue weighted by atomic mass is 9.76. The van der Waals surface area contributed by atoms with E-state index >= 15 is 0 Å². The van der Waals surface area contributed by atoms with Crippen molar-refractivity contribution in [1.29, 1.82) is 0 Å². The quantitative estimate of drug-likeness (QED) is 0.324. The molecule has 4 heterocycles. The van der Waals surface area contributed by atoms with Crippen LogP contribution in [0.5, 0.6) is 5.75 Å². The van der Waals surface area contributed by atoms with E-state index in [2.05, 4.69) is 16.5 Å². The van der Waals surface area contributed by atoms with Gasteiger partial charge in [0, 0.05) is 35.8 Å². The van der Waals surface area contributed by atoms with E-state index in [4.69, 9.17) is 9.47 Å². The van der Waals surface area contributed by atoms with Crippen molar-refractivity contribution in [2.75, 3.05) is 25.1 Å². The van der Waals surface area contributed by atoms with E-state index in [9.17, 15) is 9.59 Å². The maximum Gasteiger partial charge on any atom is 0.326 e. The van der Waals surface area contributed by atoms with Crippen molar-refractivity contribution >= 4 is 28.5 Å². The largest absolute Gasteiger partial charge is 0.497 e. The number of esters is 1. The second-order valence-corrected chi connectivity index (χ2v) is 9.87. The fourth-order valence-electron chi connectivity index (χ4n) is 5.90. The Morgan fingerprint density at radius 3 is 2.70 bits per heavy atom. The molecule has 1 amide bonds. The van der Waals surface area contributed by atoms with E-state index in [1.54, 1.807) is 13.3 Å². The molecule has 0 radical (unpaired) electrons. The SMILES string of the molecule is C=C[C@@H]1C[C@H]2CCN1[C@H]([C@H](OC(=O)CN(C(C)=O)c1ccccc1)c1ccnc3ccc(OC)cc13)C2. The highest BCUT2D eigenvalue weighted by atomic mass is 16.5. The first kappa shape index (κ1) is 25.0. The van der Waals surface area contributed by atoms with E-state index in [-0.39, 0.29) is 24.5 Å². The molecule has 5 atom stereocenters. The number of hydrogen-bond donors (Lipinski definition) is 0. The number of nitrogens with zero attached hydrogens (tertiary/aromatic N) is 3. The summed E-state index contributed by atoms with van der Waals surface area (Å²) >= 11 is 0. The zero-order valence-electron chi connectivity index (χ0n) is 21.4. The van der Waals surface area contributed by atoms with E-state index in [1.165, 1.54) is 11.8 Å². The molecule has 7 nitrogen and oxygen atoms in total. The maximum absolute atomic E-state index is 13.5. The second-order valence-electron chi connectivity index (χ2n) is 9.87. The van der Waals surface area contributed by atoms with Gasteiger partial charge in [0.1, 0.15) is 18.4 Å². The van der Waals surface area contributed by atoms with Gasteiger partial charge in [0.2, 0.25) is 5.91 Å². The summed E-state index contributed by atoms with van der Waals surface area (Å²) in [5.74, 6) is 0.605. The van der Waals surface area contributed by atoms with Gasteiger partial charge in [-0.25, -0.2) is 0 Å². The summed E-state index contributed by atoms with van der Waals surface area (Å²) in [6.45, 7) is 6.31. The van der Waals surface area contributed by atoms with Gasteiger partial charge < -0.3 is 14.4 Å². The van der Waals surface area contributed by atoms with E-state index in [1.807, 2.05) is 60.7 Å². The smallest absolute Gasteiger partial charge is 0.326 e. The molecule has 3 aliphatic rings. The molecular weight excluding hydrogens is 466 g/mol. The number of amides is 1. The molecule has 0 spiro atoms. The highest BCUT2D eigenvalue weighted by Gasteiger charge is 2.44. The van der Waals surface area contributed by atoms with E-state index in [0.717, 1.165) is 42.3 Å². The molecule has 2 bridgehead atoms. The molecule has 1 unspecified atom stereocenters. The highest BCUT2D eigenvalue weighted by Crippen LogP contribution is 2.44. The predicted octanol–water partition coefficient (Wildman–Crippen LogP) is 4.92. The zero-order chi connectivity index (χ0) is 25.9. The van der Waals surface area contributed by atoms with Gasteiger partial charge in [0.05, 0.1) is 18.7 Å². The second kappa shape index (κ2) is 10.7. The van der Waals surface area contributed by atoms with Crippen molar-refractivity contribution in [2.24, 2.45) is 5.92 Å². The zero-order valence-corrected chi connectivity index (χ0v) is 21.4. The number of ether oxygens (including phenoxy) is 2. The molecule has 3 aliphatic heterocycles. The van der Waals surface area contributed by atoms with Gasteiger partial charge in [-0.3, -0.25) is 19.5 Å². The minimum Gasteiger partial charge on any atom is -0.497 e. The Morgan fingerprint density at radius 2 is 2.00 bits per heavy atom. The molecule has 7 heteroatoms. The fourth-order valence-corrected chi connectivity index (χ4v) is 5.90. The summed E-state index contributed by atoms with van der Waals surface area (Å²) in [4.78, 5) is 34.3. The van der Waals surface area contributed by atoms with Crippen LogP contribution in [0.25, 0.3) is 10.9 Å². The Balaban J connectivity index is 1.52. The molecule has 3 saturated heterocycles. The van der Waals surface area contributed by atoms with Gasteiger partial charge in [-0.2, -0.15) is 0 Å². The number of anilines is 1. The van der Waals surface area contributed by atoms with E-state index < -0.39 is 12.1 Å². The van der Waals surface area contributed by atoms with Crippen LogP contribution in [0.1, 0.15) is 37.9 Å². The molecule has 1 aromatic heterocycles. The van der Waals surface area contributed by atoms with Crippen LogP contribution < -0.4 is 9.64 Å². The molecule has 3 aromatic rings. The predicted molar refractivity (Wildman–Crippen MR) is 143 cm³/mol. The fraction of sp³-hybridized carbons (Fsp3) is 0.367. The van der Waals surface area contributed by atoms with Crippen LogP contribution in [0.3, 0.4) is 0 Å². The summed E-state index contributed by atoms with van der Waals surface area (Å²) in [5, 5.41) is 0.893. The van der Waals surface area contributed by atoms with Gasteiger partial charge in [-0.05, 0) is 68.1 Å². The first-order valence-electron chi connectivity index (χ1n) is 12.8. The Bertz CT molecular complexity index is 1290. The number of hydrogen-bond acceptors (Lipinski definition) is 6. The Morgan fingerprint density at radius 1 is 1.19 bits per heavy atom. The molecule has 2 aromatic carbocycles. The van der Waals surface area contributed by atoms with Crippen LogP contribution in [0.2, 0.25) is 0 Å². The number of piperidine rings is 3. The molecule has 192 valence electrons. The average molecular weight is 500 g/mol. The van der Waals surface area contributed by atoms with Crippen molar-refractivity contribution in [3.8, 4) is 5.75 Å². The molecule has 0 N–H and O–H groups in total. The van der Waals surface area contributed by atoms with Crippen LogP contribution in [0, 0.1) is 5.92 Å². The molecule has 0 saturated carbocycles. The third kappa shape index (κ3) is 5.09. The van der Waals surface area contributed by atoms with Gasteiger partial charge >= 0.3 is 5.97 Å². The number of para-hydroxylation sites is 1. The number of methoxy groups -OCH3 is 1. The van der Waals surface area contributed by atoms with Crippen LogP contribution in [0.15, 0.2) is 73.4 Å². The van der Waals surface area contributed by atoms with Crippen molar-refractivity contribution in [3.63, 3.8) is 0 Å². The van der Waals surface area contributed by atoms with Crippen LogP contribution >= 0.6 is 0 Å².